The van der Waals surface area contributed by atoms with Crippen molar-refractivity contribution in [2.75, 3.05) is 33.4 Å². The van der Waals surface area contributed by atoms with Gasteiger partial charge >= 0.3 is 0 Å². The van der Waals surface area contributed by atoms with Gasteiger partial charge in [-0.2, -0.15) is 0 Å². The molecule has 1 heterocycles. The van der Waals surface area contributed by atoms with Gasteiger partial charge in [-0.1, -0.05) is 13.8 Å². The van der Waals surface area contributed by atoms with Crippen LogP contribution in [0.5, 0.6) is 0 Å². The standard InChI is InChI=1S/C13H28N2O/c1-5-13(10-16-4)15-7-6-12(3)14-8-11(2)9-15/h11-14H,5-10H2,1-4H3. The molecule has 96 valence electrons. The van der Waals surface area contributed by atoms with Crippen LogP contribution in [0.1, 0.15) is 33.6 Å². The predicted octanol–water partition coefficient (Wildman–Crippen LogP) is 1.73. The van der Waals surface area contributed by atoms with Crippen molar-refractivity contribution in [1.29, 1.82) is 0 Å². The Morgan fingerprint density at radius 1 is 1.44 bits per heavy atom. The van der Waals surface area contributed by atoms with Gasteiger partial charge in [0.1, 0.15) is 0 Å². The minimum absolute atomic E-state index is 0.595. The molecule has 1 fully saturated rings. The summed E-state index contributed by atoms with van der Waals surface area (Å²) in [5.74, 6) is 0.730. The van der Waals surface area contributed by atoms with E-state index in [-0.39, 0.29) is 0 Å². The smallest absolute Gasteiger partial charge is 0.0617 e. The molecule has 3 atom stereocenters. The minimum atomic E-state index is 0.595. The summed E-state index contributed by atoms with van der Waals surface area (Å²) in [5, 5.41) is 3.59. The van der Waals surface area contributed by atoms with Crippen LogP contribution in [0.3, 0.4) is 0 Å². The van der Waals surface area contributed by atoms with Crippen molar-refractivity contribution in [3.8, 4) is 0 Å². The highest BCUT2D eigenvalue weighted by molar-refractivity contribution is 4.78. The molecule has 0 aromatic heterocycles. The van der Waals surface area contributed by atoms with E-state index in [1.165, 1.54) is 25.9 Å². The van der Waals surface area contributed by atoms with Crippen LogP contribution in [0.2, 0.25) is 0 Å². The van der Waals surface area contributed by atoms with Crippen molar-refractivity contribution in [1.82, 2.24) is 10.2 Å². The van der Waals surface area contributed by atoms with Crippen LogP contribution < -0.4 is 5.32 Å². The van der Waals surface area contributed by atoms with Crippen molar-refractivity contribution >= 4 is 0 Å². The largest absolute Gasteiger partial charge is 0.383 e. The van der Waals surface area contributed by atoms with Gasteiger partial charge in [-0.15, -0.1) is 0 Å². The third-order valence-corrected chi connectivity index (χ3v) is 3.56. The molecule has 0 saturated carbocycles. The third-order valence-electron chi connectivity index (χ3n) is 3.56. The highest BCUT2D eigenvalue weighted by Crippen LogP contribution is 2.12. The number of rotatable bonds is 4. The summed E-state index contributed by atoms with van der Waals surface area (Å²) in [6, 6.07) is 1.24. The molecule has 1 aliphatic heterocycles. The van der Waals surface area contributed by atoms with E-state index in [1.54, 1.807) is 7.11 Å². The molecule has 1 saturated heterocycles. The van der Waals surface area contributed by atoms with E-state index in [0.717, 1.165) is 19.1 Å². The molecule has 0 aliphatic carbocycles. The fourth-order valence-corrected chi connectivity index (χ4v) is 2.43. The van der Waals surface area contributed by atoms with Gasteiger partial charge in [0.25, 0.3) is 0 Å². The van der Waals surface area contributed by atoms with Gasteiger partial charge in [0.15, 0.2) is 0 Å². The second-order valence-corrected chi connectivity index (χ2v) is 5.22. The molecule has 0 aromatic carbocycles. The molecular weight excluding hydrogens is 200 g/mol. The Bertz CT molecular complexity index is 187. The second-order valence-electron chi connectivity index (χ2n) is 5.22. The summed E-state index contributed by atoms with van der Waals surface area (Å²) in [6.45, 7) is 11.3. The lowest BCUT2D eigenvalue weighted by atomic mass is 10.0. The van der Waals surface area contributed by atoms with Gasteiger partial charge in [-0.3, -0.25) is 4.90 Å². The topological polar surface area (TPSA) is 24.5 Å². The SMILES string of the molecule is CCC(COC)N1CCC(C)NCC(C)C1. The number of nitrogens with one attached hydrogen (secondary N) is 1. The quantitative estimate of drug-likeness (QED) is 0.793. The van der Waals surface area contributed by atoms with Gasteiger partial charge in [0.05, 0.1) is 6.61 Å². The van der Waals surface area contributed by atoms with Gasteiger partial charge in [0.2, 0.25) is 0 Å². The molecule has 16 heavy (non-hydrogen) atoms. The zero-order valence-corrected chi connectivity index (χ0v) is 11.3. The summed E-state index contributed by atoms with van der Waals surface area (Å²) in [4.78, 5) is 2.62. The van der Waals surface area contributed by atoms with Crippen molar-refractivity contribution in [3.63, 3.8) is 0 Å². The lowest BCUT2D eigenvalue weighted by Gasteiger charge is -2.36. The molecule has 3 nitrogen and oxygen atoms in total. The molecule has 0 bridgehead atoms. The third kappa shape index (κ3) is 4.40. The minimum Gasteiger partial charge on any atom is -0.383 e. The summed E-state index contributed by atoms with van der Waals surface area (Å²) in [7, 11) is 1.81. The van der Waals surface area contributed by atoms with E-state index < -0.39 is 0 Å². The lowest BCUT2D eigenvalue weighted by Crippen LogP contribution is -2.47. The van der Waals surface area contributed by atoms with Gasteiger partial charge < -0.3 is 10.1 Å². The van der Waals surface area contributed by atoms with Crippen molar-refractivity contribution in [2.24, 2.45) is 5.92 Å². The maximum atomic E-state index is 5.32. The van der Waals surface area contributed by atoms with E-state index in [4.69, 9.17) is 4.74 Å². The van der Waals surface area contributed by atoms with E-state index in [0.29, 0.717) is 12.1 Å². The van der Waals surface area contributed by atoms with E-state index in [1.807, 2.05) is 0 Å². The normalized spacial score (nSPS) is 30.8. The van der Waals surface area contributed by atoms with Crippen LogP contribution in [-0.2, 0) is 4.74 Å². The summed E-state index contributed by atoms with van der Waals surface area (Å²) >= 11 is 0. The first-order valence-electron chi connectivity index (χ1n) is 6.63. The zero-order chi connectivity index (χ0) is 12.0. The summed E-state index contributed by atoms with van der Waals surface area (Å²) in [5.41, 5.74) is 0. The summed E-state index contributed by atoms with van der Waals surface area (Å²) in [6.07, 6.45) is 2.43. The van der Waals surface area contributed by atoms with Crippen molar-refractivity contribution in [3.05, 3.63) is 0 Å². The second kappa shape index (κ2) is 7.25. The molecule has 3 unspecified atom stereocenters. The van der Waals surface area contributed by atoms with Crippen LogP contribution in [0, 0.1) is 5.92 Å². The van der Waals surface area contributed by atoms with Crippen molar-refractivity contribution < 1.29 is 4.74 Å². The maximum Gasteiger partial charge on any atom is 0.0617 e. The summed E-state index contributed by atoms with van der Waals surface area (Å²) < 4.78 is 5.32. The lowest BCUT2D eigenvalue weighted by molar-refractivity contribution is 0.0699. The number of ether oxygens (including phenoxy) is 1. The fourth-order valence-electron chi connectivity index (χ4n) is 2.43. The molecule has 0 amide bonds. The molecule has 1 aliphatic rings. The van der Waals surface area contributed by atoms with E-state index >= 15 is 0 Å². The maximum absolute atomic E-state index is 5.32. The Labute approximate surface area is 101 Å². The monoisotopic (exact) mass is 228 g/mol. The van der Waals surface area contributed by atoms with Crippen LogP contribution >= 0.6 is 0 Å². The van der Waals surface area contributed by atoms with Gasteiger partial charge in [-0.05, 0) is 32.2 Å². The van der Waals surface area contributed by atoms with Crippen LogP contribution in [0.15, 0.2) is 0 Å². The molecule has 0 spiro atoms. The number of methoxy groups -OCH3 is 1. The molecule has 0 aromatic rings. The van der Waals surface area contributed by atoms with Gasteiger partial charge in [-0.25, -0.2) is 0 Å². The molecule has 1 rings (SSSR count). The predicted molar refractivity (Wildman–Crippen MR) is 68.8 cm³/mol. The first-order chi connectivity index (χ1) is 7.67. The molecular formula is C13H28N2O. The Hall–Kier alpha value is -0.120. The average Bonchev–Trinajstić information content (AvgIpc) is 2.27. The number of hydrogen-bond donors (Lipinski definition) is 1. The van der Waals surface area contributed by atoms with Crippen LogP contribution in [-0.4, -0.2) is 50.3 Å². The molecule has 0 radical (unpaired) electrons. The number of hydrogen-bond acceptors (Lipinski definition) is 3. The molecule has 3 heteroatoms. The van der Waals surface area contributed by atoms with Gasteiger partial charge in [0, 0.05) is 32.3 Å². The Morgan fingerprint density at radius 3 is 2.81 bits per heavy atom. The Morgan fingerprint density at radius 2 is 2.19 bits per heavy atom. The molecule has 1 N–H and O–H groups in total. The van der Waals surface area contributed by atoms with Crippen molar-refractivity contribution in [2.45, 2.75) is 45.7 Å². The highest BCUT2D eigenvalue weighted by Gasteiger charge is 2.21. The highest BCUT2D eigenvalue weighted by atomic mass is 16.5. The average molecular weight is 228 g/mol. The first-order valence-corrected chi connectivity index (χ1v) is 6.63. The van der Waals surface area contributed by atoms with E-state index in [2.05, 4.69) is 31.0 Å². The Kier molecular flexibility index (Phi) is 6.32. The number of nitrogens with zero attached hydrogens (tertiary/aromatic N) is 1. The van der Waals surface area contributed by atoms with E-state index in [9.17, 15) is 0 Å². The fraction of sp³-hybridized carbons (Fsp3) is 1.00. The zero-order valence-electron chi connectivity index (χ0n) is 11.3. The van der Waals surface area contributed by atoms with Crippen LogP contribution in [0.4, 0.5) is 0 Å². The Balaban J connectivity index is 2.53. The van der Waals surface area contributed by atoms with Crippen LogP contribution in [0.25, 0.3) is 0 Å². The first kappa shape index (κ1) is 13.9.